The van der Waals surface area contributed by atoms with Gasteiger partial charge in [0.1, 0.15) is 0 Å². The molecule has 0 spiro atoms. The zero-order valence-electron chi connectivity index (χ0n) is 16.4. The minimum Gasteiger partial charge on any atom is -0.368 e. The van der Waals surface area contributed by atoms with Gasteiger partial charge in [0.2, 0.25) is 5.95 Å². The zero-order valence-corrected chi connectivity index (χ0v) is 16.4. The van der Waals surface area contributed by atoms with E-state index in [1.807, 2.05) is 0 Å². The highest BCUT2D eigenvalue weighted by atomic mass is 15.4. The van der Waals surface area contributed by atoms with E-state index in [4.69, 9.17) is 4.98 Å². The number of anilines is 2. The molecule has 2 aliphatic rings. The third kappa shape index (κ3) is 3.18. The zero-order chi connectivity index (χ0) is 18.4. The predicted molar refractivity (Wildman–Crippen MR) is 113 cm³/mol. The summed E-state index contributed by atoms with van der Waals surface area (Å²) < 4.78 is 2.48. The van der Waals surface area contributed by atoms with Crippen LogP contribution >= 0.6 is 0 Å². The van der Waals surface area contributed by atoms with Crippen molar-refractivity contribution < 1.29 is 0 Å². The van der Waals surface area contributed by atoms with E-state index in [1.165, 1.54) is 41.1 Å². The third-order valence-corrected chi connectivity index (χ3v) is 6.04. The molecule has 0 N–H and O–H groups in total. The first-order valence-corrected chi connectivity index (χ1v) is 10.2. The summed E-state index contributed by atoms with van der Waals surface area (Å²) in [4.78, 5) is 10.1. The molecule has 2 heterocycles. The maximum absolute atomic E-state index is 5.06. The number of hydrogen-bond acceptors (Lipinski definition) is 3. The summed E-state index contributed by atoms with van der Waals surface area (Å²) >= 11 is 0. The molecule has 140 valence electrons. The molecule has 2 aromatic carbocycles. The Balaban J connectivity index is 1.42. The molecule has 1 aromatic heterocycles. The second kappa shape index (κ2) is 6.59. The maximum Gasteiger partial charge on any atom is 0.206 e. The lowest BCUT2D eigenvalue weighted by Gasteiger charge is -2.37. The molecule has 1 aliphatic carbocycles. The second-order valence-corrected chi connectivity index (χ2v) is 8.22. The Labute approximate surface area is 161 Å². The Kier molecular flexibility index (Phi) is 4.07. The minimum atomic E-state index is 0.843. The molecule has 0 bridgehead atoms. The molecule has 0 unspecified atom stereocenters. The van der Waals surface area contributed by atoms with Crippen molar-refractivity contribution in [2.45, 2.75) is 33.2 Å². The van der Waals surface area contributed by atoms with Crippen molar-refractivity contribution in [2.24, 2.45) is 5.92 Å². The van der Waals surface area contributed by atoms with Crippen LogP contribution in [0, 0.1) is 19.8 Å². The summed E-state index contributed by atoms with van der Waals surface area (Å²) in [6, 6.07) is 15.4. The van der Waals surface area contributed by atoms with Crippen molar-refractivity contribution in [3.63, 3.8) is 0 Å². The first-order valence-electron chi connectivity index (χ1n) is 10.2. The highest BCUT2D eigenvalue weighted by Crippen LogP contribution is 2.35. The van der Waals surface area contributed by atoms with Crippen molar-refractivity contribution in [3.05, 3.63) is 53.6 Å². The number of imidazole rings is 1. The van der Waals surface area contributed by atoms with Gasteiger partial charge in [-0.05, 0) is 61.9 Å². The lowest BCUT2D eigenvalue weighted by molar-refractivity contribution is 0.592. The van der Waals surface area contributed by atoms with Crippen molar-refractivity contribution >= 4 is 22.7 Å². The molecular weight excluding hydrogens is 332 g/mol. The molecule has 3 aromatic rings. The fourth-order valence-corrected chi connectivity index (χ4v) is 4.27. The molecule has 5 rings (SSSR count). The average Bonchev–Trinajstić information content (AvgIpc) is 3.43. The topological polar surface area (TPSA) is 24.3 Å². The Bertz CT molecular complexity index is 962. The highest BCUT2D eigenvalue weighted by molar-refractivity contribution is 5.79. The van der Waals surface area contributed by atoms with Crippen LogP contribution in [0.4, 0.5) is 11.6 Å². The van der Waals surface area contributed by atoms with Crippen LogP contribution in [-0.2, 0) is 6.54 Å². The number of benzene rings is 2. The summed E-state index contributed by atoms with van der Waals surface area (Å²) in [5.41, 5.74) is 6.46. The van der Waals surface area contributed by atoms with Gasteiger partial charge in [0.25, 0.3) is 0 Å². The fraction of sp³-hybridized carbons (Fsp3) is 0.435. The minimum absolute atomic E-state index is 0.843. The molecule has 0 atom stereocenters. The van der Waals surface area contributed by atoms with Gasteiger partial charge in [-0.25, -0.2) is 4.98 Å². The fourth-order valence-electron chi connectivity index (χ4n) is 4.27. The van der Waals surface area contributed by atoms with Crippen LogP contribution < -0.4 is 9.80 Å². The van der Waals surface area contributed by atoms with E-state index in [2.05, 4.69) is 70.7 Å². The number of nitrogens with zero attached hydrogens (tertiary/aromatic N) is 4. The maximum atomic E-state index is 5.06. The molecular formula is C23H28N4. The number of rotatable bonds is 4. The van der Waals surface area contributed by atoms with E-state index in [1.54, 1.807) is 0 Å². The summed E-state index contributed by atoms with van der Waals surface area (Å²) in [7, 11) is 0. The standard InChI is InChI=1S/C23H28N4/c1-17-7-10-22-20(15-17)24-23(27(22)16-19-8-9-19)26-13-11-25(12-14-26)21-6-4-3-5-18(21)2/h3-7,10,15,19H,8-9,11-14,16H2,1-2H3. The van der Waals surface area contributed by atoms with Gasteiger partial charge < -0.3 is 14.4 Å². The Hall–Kier alpha value is -2.49. The molecule has 27 heavy (non-hydrogen) atoms. The van der Waals surface area contributed by atoms with Crippen molar-refractivity contribution in [2.75, 3.05) is 36.0 Å². The quantitative estimate of drug-likeness (QED) is 0.690. The predicted octanol–water partition coefficient (Wildman–Crippen LogP) is 4.39. The van der Waals surface area contributed by atoms with E-state index in [0.29, 0.717) is 0 Å². The molecule has 1 aliphatic heterocycles. The SMILES string of the molecule is Cc1ccc2c(c1)nc(N1CCN(c3ccccc3C)CC1)n2CC1CC1. The molecule has 4 heteroatoms. The van der Waals surface area contributed by atoms with Gasteiger partial charge in [0.05, 0.1) is 11.0 Å². The van der Waals surface area contributed by atoms with Crippen LogP contribution in [0.25, 0.3) is 11.0 Å². The number of piperazine rings is 1. The lowest BCUT2D eigenvalue weighted by atomic mass is 10.1. The van der Waals surface area contributed by atoms with Crippen LogP contribution in [0.15, 0.2) is 42.5 Å². The van der Waals surface area contributed by atoms with Crippen LogP contribution in [0.5, 0.6) is 0 Å². The number of hydrogen-bond donors (Lipinski definition) is 0. The lowest BCUT2D eigenvalue weighted by Crippen LogP contribution is -2.47. The van der Waals surface area contributed by atoms with Crippen LogP contribution in [-0.4, -0.2) is 35.7 Å². The smallest absolute Gasteiger partial charge is 0.206 e. The van der Waals surface area contributed by atoms with E-state index in [0.717, 1.165) is 44.2 Å². The van der Waals surface area contributed by atoms with Gasteiger partial charge in [0, 0.05) is 38.4 Å². The normalized spacial score (nSPS) is 17.7. The number of aryl methyl sites for hydroxylation is 2. The molecule has 4 nitrogen and oxygen atoms in total. The van der Waals surface area contributed by atoms with Crippen molar-refractivity contribution in [1.29, 1.82) is 0 Å². The largest absolute Gasteiger partial charge is 0.368 e. The average molecular weight is 361 g/mol. The second-order valence-electron chi connectivity index (χ2n) is 8.22. The number of aromatic nitrogens is 2. The van der Waals surface area contributed by atoms with E-state index in [9.17, 15) is 0 Å². The van der Waals surface area contributed by atoms with Crippen molar-refractivity contribution in [1.82, 2.24) is 9.55 Å². The van der Waals surface area contributed by atoms with E-state index >= 15 is 0 Å². The summed E-state index contributed by atoms with van der Waals surface area (Å²) in [6.07, 6.45) is 2.73. The van der Waals surface area contributed by atoms with E-state index in [-0.39, 0.29) is 0 Å². The summed E-state index contributed by atoms with van der Waals surface area (Å²) in [5, 5.41) is 0. The monoisotopic (exact) mass is 360 g/mol. The molecule has 0 radical (unpaired) electrons. The Morgan fingerprint density at radius 1 is 0.926 bits per heavy atom. The molecule has 2 fully saturated rings. The Morgan fingerprint density at radius 2 is 1.67 bits per heavy atom. The number of para-hydroxylation sites is 1. The van der Waals surface area contributed by atoms with Crippen LogP contribution in [0.1, 0.15) is 24.0 Å². The summed E-state index contributed by atoms with van der Waals surface area (Å²) in [6.45, 7) is 9.64. The van der Waals surface area contributed by atoms with Crippen LogP contribution in [0.3, 0.4) is 0 Å². The van der Waals surface area contributed by atoms with Gasteiger partial charge in [-0.2, -0.15) is 0 Å². The van der Waals surface area contributed by atoms with Gasteiger partial charge in [-0.15, -0.1) is 0 Å². The third-order valence-electron chi connectivity index (χ3n) is 6.04. The van der Waals surface area contributed by atoms with E-state index < -0.39 is 0 Å². The molecule has 1 saturated carbocycles. The highest BCUT2D eigenvalue weighted by Gasteiger charge is 2.27. The molecule has 0 amide bonds. The van der Waals surface area contributed by atoms with Gasteiger partial charge >= 0.3 is 0 Å². The number of fused-ring (bicyclic) bond motifs is 1. The summed E-state index contributed by atoms with van der Waals surface area (Å²) in [5.74, 6) is 2.02. The first kappa shape index (κ1) is 16.7. The van der Waals surface area contributed by atoms with Gasteiger partial charge in [-0.1, -0.05) is 24.3 Å². The van der Waals surface area contributed by atoms with Gasteiger partial charge in [-0.3, -0.25) is 0 Å². The van der Waals surface area contributed by atoms with Crippen LogP contribution in [0.2, 0.25) is 0 Å². The van der Waals surface area contributed by atoms with Crippen molar-refractivity contribution in [3.8, 4) is 0 Å². The van der Waals surface area contributed by atoms with Gasteiger partial charge in [0.15, 0.2) is 0 Å². The Morgan fingerprint density at radius 3 is 2.41 bits per heavy atom. The molecule has 1 saturated heterocycles. The first-order chi connectivity index (χ1) is 13.2.